The molecule has 0 radical (unpaired) electrons. The summed E-state index contributed by atoms with van der Waals surface area (Å²) in [6.45, 7) is 4.56. The molecule has 4 rings (SSSR count). The fourth-order valence-corrected chi connectivity index (χ4v) is 3.94. The Bertz CT molecular complexity index is 981. The van der Waals surface area contributed by atoms with Crippen LogP contribution < -0.4 is 4.74 Å². The maximum atomic E-state index is 12.9. The smallest absolute Gasteiger partial charge is 0.253 e. The molecule has 1 aliphatic heterocycles. The average molecular weight is 425 g/mol. The number of amides is 1. The van der Waals surface area contributed by atoms with E-state index in [-0.39, 0.29) is 5.91 Å². The number of halogens is 1. The fourth-order valence-electron chi connectivity index (χ4n) is 3.75. The van der Waals surface area contributed by atoms with Crippen molar-refractivity contribution in [1.29, 1.82) is 0 Å². The molecule has 1 fully saturated rings. The third-order valence-electron chi connectivity index (χ3n) is 5.42. The lowest BCUT2D eigenvalue weighted by Crippen LogP contribution is -2.48. The van der Waals surface area contributed by atoms with Crippen LogP contribution in [0.3, 0.4) is 0 Å². The quantitative estimate of drug-likeness (QED) is 0.607. The molecular formula is C23H25ClN4O2. The van der Waals surface area contributed by atoms with E-state index < -0.39 is 0 Å². The van der Waals surface area contributed by atoms with E-state index in [1.807, 2.05) is 58.1 Å². The highest BCUT2D eigenvalue weighted by Gasteiger charge is 2.23. The summed E-state index contributed by atoms with van der Waals surface area (Å²) in [4.78, 5) is 21.2. The summed E-state index contributed by atoms with van der Waals surface area (Å²) in [5.41, 5.74) is 2.94. The molecule has 0 N–H and O–H groups in total. The van der Waals surface area contributed by atoms with Crippen LogP contribution in [0.25, 0.3) is 0 Å². The molecule has 0 bridgehead atoms. The van der Waals surface area contributed by atoms with Gasteiger partial charge in [0.15, 0.2) is 0 Å². The summed E-state index contributed by atoms with van der Waals surface area (Å²) in [5, 5.41) is 0.705. The number of hydrogen-bond donors (Lipinski definition) is 0. The molecule has 2 heterocycles. The van der Waals surface area contributed by atoms with E-state index in [1.54, 1.807) is 19.6 Å². The fraction of sp³-hybridized carbons (Fsp3) is 0.304. The first-order chi connectivity index (χ1) is 14.6. The summed E-state index contributed by atoms with van der Waals surface area (Å²) in [6, 6.07) is 13.5. The van der Waals surface area contributed by atoms with Gasteiger partial charge < -0.3 is 14.2 Å². The van der Waals surface area contributed by atoms with E-state index in [4.69, 9.17) is 16.3 Å². The van der Waals surface area contributed by atoms with Crippen molar-refractivity contribution in [3.8, 4) is 5.75 Å². The zero-order valence-electron chi connectivity index (χ0n) is 17.0. The Hall–Kier alpha value is -2.83. The molecule has 156 valence electrons. The minimum Gasteiger partial charge on any atom is -0.496 e. The SMILES string of the molecule is COc1ccc(Cl)cc1CN1CCN(C(=O)c2ccc(Cn3ccnc3)cc2)CC1. The number of imidazole rings is 1. The highest BCUT2D eigenvalue weighted by Crippen LogP contribution is 2.24. The van der Waals surface area contributed by atoms with Crippen LogP contribution in [0.4, 0.5) is 0 Å². The molecule has 1 aliphatic rings. The molecule has 0 aliphatic carbocycles. The van der Waals surface area contributed by atoms with Gasteiger partial charge in [-0.2, -0.15) is 0 Å². The topological polar surface area (TPSA) is 50.6 Å². The van der Waals surface area contributed by atoms with Gasteiger partial charge in [0.25, 0.3) is 5.91 Å². The Morgan fingerprint density at radius 3 is 2.50 bits per heavy atom. The van der Waals surface area contributed by atoms with Crippen molar-refractivity contribution in [2.24, 2.45) is 0 Å². The summed E-state index contributed by atoms with van der Waals surface area (Å²) in [7, 11) is 1.67. The maximum Gasteiger partial charge on any atom is 0.253 e. The van der Waals surface area contributed by atoms with Gasteiger partial charge in [-0.1, -0.05) is 23.7 Å². The van der Waals surface area contributed by atoms with Gasteiger partial charge in [0.1, 0.15) is 5.75 Å². The predicted octanol–water partition coefficient (Wildman–Crippen LogP) is 3.55. The number of rotatable bonds is 6. The van der Waals surface area contributed by atoms with Gasteiger partial charge in [-0.3, -0.25) is 9.69 Å². The van der Waals surface area contributed by atoms with Crippen molar-refractivity contribution in [2.45, 2.75) is 13.1 Å². The Morgan fingerprint density at radius 1 is 1.07 bits per heavy atom. The molecule has 0 saturated carbocycles. The van der Waals surface area contributed by atoms with Crippen molar-refractivity contribution >= 4 is 17.5 Å². The van der Waals surface area contributed by atoms with Gasteiger partial charge in [-0.05, 0) is 35.9 Å². The van der Waals surface area contributed by atoms with E-state index in [1.165, 1.54) is 0 Å². The van der Waals surface area contributed by atoms with E-state index in [0.717, 1.165) is 48.6 Å². The highest BCUT2D eigenvalue weighted by molar-refractivity contribution is 6.30. The Kier molecular flexibility index (Phi) is 6.35. The van der Waals surface area contributed by atoms with Gasteiger partial charge in [0.05, 0.1) is 13.4 Å². The Labute approximate surface area is 181 Å². The molecular weight excluding hydrogens is 400 g/mol. The van der Waals surface area contributed by atoms with Crippen LogP contribution in [-0.2, 0) is 13.1 Å². The van der Waals surface area contributed by atoms with Crippen LogP contribution in [0.15, 0.2) is 61.2 Å². The summed E-state index contributed by atoms with van der Waals surface area (Å²) < 4.78 is 7.45. The number of piperazine rings is 1. The number of methoxy groups -OCH3 is 1. The van der Waals surface area contributed by atoms with E-state index >= 15 is 0 Å². The van der Waals surface area contributed by atoms with E-state index in [0.29, 0.717) is 18.1 Å². The second kappa shape index (κ2) is 9.32. The average Bonchev–Trinajstić information content (AvgIpc) is 3.28. The lowest BCUT2D eigenvalue weighted by atomic mass is 10.1. The molecule has 1 saturated heterocycles. The number of aromatic nitrogens is 2. The molecule has 1 aromatic heterocycles. The van der Waals surface area contributed by atoms with Crippen LogP contribution in [0, 0.1) is 0 Å². The third-order valence-corrected chi connectivity index (χ3v) is 5.66. The molecule has 1 amide bonds. The molecule has 30 heavy (non-hydrogen) atoms. The van der Waals surface area contributed by atoms with E-state index in [9.17, 15) is 4.79 Å². The molecule has 0 unspecified atom stereocenters. The van der Waals surface area contributed by atoms with Gasteiger partial charge in [-0.25, -0.2) is 4.98 Å². The van der Waals surface area contributed by atoms with Crippen molar-refractivity contribution in [3.63, 3.8) is 0 Å². The summed E-state index contributed by atoms with van der Waals surface area (Å²) in [5.74, 6) is 0.929. The first-order valence-electron chi connectivity index (χ1n) is 10.0. The molecule has 6 nitrogen and oxygen atoms in total. The number of benzene rings is 2. The largest absolute Gasteiger partial charge is 0.496 e. The van der Waals surface area contributed by atoms with Gasteiger partial charge in [-0.15, -0.1) is 0 Å². The number of hydrogen-bond acceptors (Lipinski definition) is 4. The minimum atomic E-state index is 0.0872. The van der Waals surface area contributed by atoms with Crippen molar-refractivity contribution in [3.05, 3.63) is 82.9 Å². The number of nitrogens with zero attached hydrogens (tertiary/aromatic N) is 4. The van der Waals surface area contributed by atoms with Crippen LogP contribution in [0.2, 0.25) is 5.02 Å². The lowest BCUT2D eigenvalue weighted by Gasteiger charge is -2.35. The van der Waals surface area contributed by atoms with Crippen LogP contribution >= 0.6 is 11.6 Å². The molecule has 0 atom stereocenters. The second-order valence-electron chi connectivity index (χ2n) is 7.46. The van der Waals surface area contributed by atoms with Crippen LogP contribution in [0.1, 0.15) is 21.5 Å². The molecule has 3 aromatic rings. The third kappa shape index (κ3) is 4.83. The predicted molar refractivity (Wildman–Crippen MR) is 117 cm³/mol. The van der Waals surface area contributed by atoms with Crippen LogP contribution in [-0.4, -0.2) is 58.5 Å². The summed E-state index contributed by atoms with van der Waals surface area (Å²) >= 11 is 6.14. The number of carbonyl (C=O) groups excluding carboxylic acids is 1. The first kappa shape index (κ1) is 20.4. The maximum absolute atomic E-state index is 12.9. The Balaban J connectivity index is 1.32. The van der Waals surface area contributed by atoms with E-state index in [2.05, 4.69) is 9.88 Å². The number of carbonyl (C=O) groups is 1. The first-order valence-corrected chi connectivity index (χ1v) is 10.4. The van der Waals surface area contributed by atoms with Crippen molar-refractivity contribution in [1.82, 2.24) is 19.4 Å². The van der Waals surface area contributed by atoms with Gasteiger partial charge >= 0.3 is 0 Å². The zero-order chi connectivity index (χ0) is 20.9. The van der Waals surface area contributed by atoms with Gasteiger partial charge in [0.2, 0.25) is 0 Å². The van der Waals surface area contributed by atoms with Gasteiger partial charge in [0, 0.05) is 67.8 Å². The monoisotopic (exact) mass is 424 g/mol. The number of ether oxygens (including phenoxy) is 1. The molecule has 2 aromatic carbocycles. The van der Waals surface area contributed by atoms with Crippen molar-refractivity contribution < 1.29 is 9.53 Å². The van der Waals surface area contributed by atoms with Crippen LogP contribution in [0.5, 0.6) is 5.75 Å². The normalized spacial score (nSPS) is 14.7. The van der Waals surface area contributed by atoms with Crippen molar-refractivity contribution in [2.75, 3.05) is 33.3 Å². The summed E-state index contributed by atoms with van der Waals surface area (Å²) in [6.07, 6.45) is 5.48. The second-order valence-corrected chi connectivity index (χ2v) is 7.89. The zero-order valence-corrected chi connectivity index (χ0v) is 17.8. The molecule has 7 heteroatoms. The standard InChI is InChI=1S/C23H25ClN4O2/c1-30-22-7-6-21(24)14-20(22)16-26-10-12-28(13-11-26)23(29)19-4-2-18(3-5-19)15-27-9-8-25-17-27/h2-9,14,17H,10-13,15-16H2,1H3. The lowest BCUT2D eigenvalue weighted by molar-refractivity contribution is 0.0627. The minimum absolute atomic E-state index is 0.0872. The molecule has 0 spiro atoms. The highest BCUT2D eigenvalue weighted by atomic mass is 35.5. The Morgan fingerprint density at radius 2 is 1.83 bits per heavy atom.